The molecule has 1 heterocycles. The predicted octanol–water partition coefficient (Wildman–Crippen LogP) is 2.99. The second-order valence-electron chi connectivity index (χ2n) is 7.14. The van der Waals surface area contributed by atoms with Gasteiger partial charge >= 0.3 is 0 Å². The van der Waals surface area contributed by atoms with Crippen molar-refractivity contribution in [2.45, 2.75) is 44.4 Å². The third-order valence-corrected chi connectivity index (χ3v) is 5.42. The fourth-order valence-electron chi connectivity index (χ4n) is 2.33. The number of sulfonamides is 1. The lowest BCUT2D eigenvalue weighted by Crippen LogP contribution is -2.28. The molecule has 2 N–H and O–H groups in total. The average molecular weight is 375 g/mol. The minimum atomic E-state index is -3.64. The summed E-state index contributed by atoms with van der Waals surface area (Å²) in [6.45, 7) is 8.05. The van der Waals surface area contributed by atoms with E-state index < -0.39 is 10.0 Å². The molecule has 1 aromatic heterocycles. The van der Waals surface area contributed by atoms with Gasteiger partial charge in [-0.25, -0.2) is 18.1 Å². The van der Waals surface area contributed by atoms with Crippen LogP contribution in [-0.4, -0.2) is 25.9 Å². The molecule has 2 aromatic rings. The predicted molar refractivity (Wildman–Crippen MR) is 103 cm³/mol. The third-order valence-electron chi connectivity index (χ3n) is 3.94. The minimum absolute atomic E-state index is 0.0150. The van der Waals surface area contributed by atoms with Gasteiger partial charge in [0.15, 0.2) is 0 Å². The van der Waals surface area contributed by atoms with Crippen molar-refractivity contribution in [2.75, 3.05) is 11.9 Å². The molecule has 0 radical (unpaired) electrons. The van der Waals surface area contributed by atoms with Gasteiger partial charge in [-0.15, -0.1) is 0 Å². The van der Waals surface area contributed by atoms with Gasteiger partial charge in [0.25, 0.3) is 0 Å². The molecule has 0 saturated heterocycles. The zero-order valence-electron chi connectivity index (χ0n) is 15.5. The van der Waals surface area contributed by atoms with Crippen LogP contribution >= 0.6 is 0 Å². The number of nitrogens with zero attached hydrogens (tertiary/aromatic N) is 1. The van der Waals surface area contributed by atoms with E-state index >= 15 is 0 Å². The summed E-state index contributed by atoms with van der Waals surface area (Å²) in [7, 11) is -3.64. The average Bonchev–Trinajstić information content (AvgIpc) is 2.56. The Hall–Kier alpha value is -2.25. The second kappa shape index (κ2) is 7.97. The van der Waals surface area contributed by atoms with Crippen molar-refractivity contribution in [1.82, 2.24) is 9.71 Å². The molecule has 0 unspecified atom stereocenters. The molecule has 6 nitrogen and oxygen atoms in total. The smallest absolute Gasteiger partial charge is 0.240 e. The number of aromatic nitrogens is 1. The summed E-state index contributed by atoms with van der Waals surface area (Å²) in [6.07, 6.45) is 1.61. The number of carbonyl (C=O) groups excluding carboxylic acids is 1. The quantitative estimate of drug-likeness (QED) is 0.812. The maximum Gasteiger partial charge on any atom is 0.240 e. The SMILES string of the molecule is Cc1cccnc1NC(=O)CCNS(=O)(=O)c1ccc(C(C)(C)C)cc1. The van der Waals surface area contributed by atoms with Gasteiger partial charge in [0.05, 0.1) is 4.90 Å². The first-order valence-electron chi connectivity index (χ1n) is 8.41. The first-order chi connectivity index (χ1) is 12.1. The van der Waals surface area contributed by atoms with Gasteiger partial charge in [-0.1, -0.05) is 39.0 Å². The molecule has 0 saturated carbocycles. The maximum absolute atomic E-state index is 12.3. The minimum Gasteiger partial charge on any atom is -0.310 e. The van der Waals surface area contributed by atoms with Crippen LogP contribution in [0.4, 0.5) is 5.82 Å². The fourth-order valence-corrected chi connectivity index (χ4v) is 3.36. The number of aryl methyl sites for hydroxylation is 1. The standard InChI is InChI=1S/C19H25N3O3S/c1-14-6-5-12-20-18(14)22-17(23)11-13-21-26(24,25)16-9-7-15(8-10-16)19(2,3)4/h5-10,12,21H,11,13H2,1-4H3,(H,20,22,23). The van der Waals surface area contributed by atoms with Crippen LogP contribution in [0.15, 0.2) is 47.5 Å². The highest BCUT2D eigenvalue weighted by atomic mass is 32.2. The van der Waals surface area contributed by atoms with E-state index in [1.54, 1.807) is 24.4 Å². The van der Waals surface area contributed by atoms with Crippen molar-refractivity contribution in [3.8, 4) is 0 Å². The van der Waals surface area contributed by atoms with Crippen LogP contribution in [0, 0.1) is 6.92 Å². The monoisotopic (exact) mass is 375 g/mol. The van der Waals surface area contributed by atoms with E-state index in [9.17, 15) is 13.2 Å². The number of benzene rings is 1. The summed E-state index contributed by atoms with van der Waals surface area (Å²) in [5.74, 6) is 0.190. The van der Waals surface area contributed by atoms with Crippen molar-refractivity contribution in [3.63, 3.8) is 0 Å². The summed E-state index contributed by atoms with van der Waals surface area (Å²) in [5.41, 5.74) is 1.86. The van der Waals surface area contributed by atoms with Gasteiger partial charge in [-0.2, -0.15) is 0 Å². The molecule has 0 bridgehead atoms. The lowest BCUT2D eigenvalue weighted by Gasteiger charge is -2.19. The summed E-state index contributed by atoms with van der Waals surface area (Å²) in [5, 5.41) is 2.68. The third kappa shape index (κ3) is 5.37. The van der Waals surface area contributed by atoms with Gasteiger partial charge in [0.1, 0.15) is 5.82 Å². The van der Waals surface area contributed by atoms with Crippen LogP contribution in [0.2, 0.25) is 0 Å². The summed E-state index contributed by atoms with van der Waals surface area (Å²) >= 11 is 0. The van der Waals surface area contributed by atoms with Crippen LogP contribution in [-0.2, 0) is 20.2 Å². The Kier molecular flexibility index (Phi) is 6.15. The Morgan fingerprint density at radius 3 is 2.35 bits per heavy atom. The molecule has 140 valence electrons. The number of anilines is 1. The first-order valence-corrected chi connectivity index (χ1v) is 9.89. The zero-order chi connectivity index (χ0) is 19.4. The molecule has 26 heavy (non-hydrogen) atoms. The van der Waals surface area contributed by atoms with Crippen molar-refractivity contribution in [1.29, 1.82) is 0 Å². The summed E-state index contributed by atoms with van der Waals surface area (Å²) in [6, 6.07) is 10.4. The molecule has 0 atom stereocenters. The highest BCUT2D eigenvalue weighted by molar-refractivity contribution is 7.89. The molecule has 0 aliphatic heterocycles. The lowest BCUT2D eigenvalue weighted by molar-refractivity contribution is -0.116. The summed E-state index contributed by atoms with van der Waals surface area (Å²) in [4.78, 5) is 16.2. The zero-order valence-corrected chi connectivity index (χ0v) is 16.4. The first kappa shape index (κ1) is 20.1. The van der Waals surface area contributed by atoms with E-state index in [-0.39, 0.29) is 29.2 Å². The van der Waals surface area contributed by atoms with Gasteiger partial charge in [0, 0.05) is 19.2 Å². The number of rotatable bonds is 6. The molecule has 1 aromatic carbocycles. The lowest BCUT2D eigenvalue weighted by atomic mass is 9.87. The topological polar surface area (TPSA) is 88.2 Å². The van der Waals surface area contributed by atoms with Crippen molar-refractivity contribution < 1.29 is 13.2 Å². The molecule has 1 amide bonds. The van der Waals surface area contributed by atoms with Crippen LogP contribution in [0.3, 0.4) is 0 Å². The van der Waals surface area contributed by atoms with Gasteiger partial charge in [0.2, 0.25) is 15.9 Å². The Bertz CT molecular complexity index is 870. The number of amides is 1. The van der Waals surface area contributed by atoms with Crippen LogP contribution < -0.4 is 10.0 Å². The van der Waals surface area contributed by atoms with Crippen LogP contribution in [0.5, 0.6) is 0 Å². The highest BCUT2D eigenvalue weighted by Gasteiger charge is 2.17. The fraction of sp³-hybridized carbons (Fsp3) is 0.368. The molecule has 0 aliphatic carbocycles. The Balaban J connectivity index is 1.92. The van der Waals surface area contributed by atoms with Gasteiger partial charge < -0.3 is 5.32 Å². The molecule has 7 heteroatoms. The number of carbonyl (C=O) groups is 1. The highest BCUT2D eigenvalue weighted by Crippen LogP contribution is 2.23. The van der Waals surface area contributed by atoms with E-state index in [2.05, 4.69) is 35.8 Å². The Labute approximate surface area is 155 Å². The van der Waals surface area contributed by atoms with Gasteiger partial charge in [-0.3, -0.25) is 4.79 Å². The Morgan fingerprint density at radius 2 is 1.77 bits per heavy atom. The number of nitrogens with one attached hydrogen (secondary N) is 2. The molecule has 2 rings (SSSR count). The molecule has 0 aliphatic rings. The van der Waals surface area contributed by atoms with E-state index in [4.69, 9.17) is 0 Å². The maximum atomic E-state index is 12.3. The number of hydrogen-bond donors (Lipinski definition) is 2. The Morgan fingerprint density at radius 1 is 1.12 bits per heavy atom. The van der Waals surface area contributed by atoms with Crippen molar-refractivity contribution in [3.05, 3.63) is 53.7 Å². The van der Waals surface area contributed by atoms with Gasteiger partial charge in [-0.05, 0) is 41.7 Å². The van der Waals surface area contributed by atoms with Crippen LogP contribution in [0.1, 0.15) is 38.3 Å². The molecular formula is C19H25N3O3S. The van der Waals surface area contributed by atoms with Crippen molar-refractivity contribution in [2.24, 2.45) is 0 Å². The van der Waals surface area contributed by atoms with E-state index in [0.717, 1.165) is 11.1 Å². The largest absolute Gasteiger partial charge is 0.310 e. The molecule has 0 spiro atoms. The second-order valence-corrected chi connectivity index (χ2v) is 8.91. The van der Waals surface area contributed by atoms with Crippen LogP contribution in [0.25, 0.3) is 0 Å². The van der Waals surface area contributed by atoms with E-state index in [1.165, 1.54) is 0 Å². The summed E-state index contributed by atoms with van der Waals surface area (Å²) < 4.78 is 27.1. The van der Waals surface area contributed by atoms with E-state index in [0.29, 0.717) is 5.82 Å². The normalized spacial score (nSPS) is 12.0. The molecular weight excluding hydrogens is 350 g/mol. The van der Waals surface area contributed by atoms with E-state index in [1.807, 2.05) is 25.1 Å². The number of pyridine rings is 1. The molecule has 0 fully saturated rings. The number of hydrogen-bond acceptors (Lipinski definition) is 4. The van der Waals surface area contributed by atoms with Crippen molar-refractivity contribution >= 4 is 21.7 Å².